The van der Waals surface area contributed by atoms with Crippen LogP contribution in [0.5, 0.6) is 5.75 Å². The standard InChI is InChI=1S/C17H14F3N3O3/c1-25-14-10-23(12-5-2-4-11(8-12)17(18,19)20)22-15(14)16(24)21-9-13-6-3-7-26-13/h2-8,10H,9H2,1H3,(H,21,24). The highest BCUT2D eigenvalue weighted by atomic mass is 19.4. The van der Waals surface area contributed by atoms with Crippen LogP contribution in [0.25, 0.3) is 5.69 Å². The van der Waals surface area contributed by atoms with Gasteiger partial charge in [-0.25, -0.2) is 4.68 Å². The molecule has 2 aromatic heterocycles. The molecule has 1 amide bonds. The van der Waals surface area contributed by atoms with E-state index in [-0.39, 0.29) is 23.7 Å². The first kappa shape index (κ1) is 17.6. The minimum Gasteiger partial charge on any atom is -0.493 e. The highest BCUT2D eigenvalue weighted by Gasteiger charge is 2.30. The van der Waals surface area contributed by atoms with E-state index in [1.807, 2.05) is 0 Å². The quantitative estimate of drug-likeness (QED) is 0.752. The summed E-state index contributed by atoms with van der Waals surface area (Å²) >= 11 is 0. The zero-order chi connectivity index (χ0) is 18.7. The van der Waals surface area contributed by atoms with Crippen LogP contribution >= 0.6 is 0 Å². The Morgan fingerprint density at radius 2 is 2.12 bits per heavy atom. The monoisotopic (exact) mass is 365 g/mol. The molecule has 0 saturated heterocycles. The minimum absolute atomic E-state index is 0.0449. The zero-order valence-corrected chi connectivity index (χ0v) is 13.6. The molecule has 3 aromatic rings. The third-order valence-electron chi connectivity index (χ3n) is 3.56. The topological polar surface area (TPSA) is 69.3 Å². The summed E-state index contributed by atoms with van der Waals surface area (Å²) in [5.74, 6) is 0.151. The Hall–Kier alpha value is -3.23. The van der Waals surface area contributed by atoms with Gasteiger partial charge in [-0.05, 0) is 30.3 Å². The number of ether oxygens (including phenoxy) is 1. The number of amides is 1. The summed E-state index contributed by atoms with van der Waals surface area (Å²) in [6, 6.07) is 8.00. The van der Waals surface area contributed by atoms with Gasteiger partial charge >= 0.3 is 6.18 Å². The largest absolute Gasteiger partial charge is 0.493 e. The molecule has 0 spiro atoms. The van der Waals surface area contributed by atoms with Gasteiger partial charge in [0.1, 0.15) is 5.76 Å². The van der Waals surface area contributed by atoms with E-state index < -0.39 is 17.6 Å². The predicted molar refractivity (Wildman–Crippen MR) is 85.0 cm³/mol. The SMILES string of the molecule is COc1cn(-c2cccc(C(F)(F)F)c2)nc1C(=O)NCc1ccco1. The van der Waals surface area contributed by atoms with Gasteiger partial charge in [-0.3, -0.25) is 4.79 Å². The third kappa shape index (κ3) is 3.71. The molecule has 3 rings (SSSR count). The molecule has 1 aromatic carbocycles. The molecule has 26 heavy (non-hydrogen) atoms. The van der Waals surface area contributed by atoms with Gasteiger partial charge in [-0.1, -0.05) is 6.07 Å². The van der Waals surface area contributed by atoms with Crippen LogP contribution in [-0.4, -0.2) is 22.8 Å². The molecule has 1 N–H and O–H groups in total. The molecular weight excluding hydrogens is 351 g/mol. The average Bonchev–Trinajstić information content (AvgIpc) is 3.28. The van der Waals surface area contributed by atoms with Crippen LogP contribution < -0.4 is 10.1 Å². The fraction of sp³-hybridized carbons (Fsp3) is 0.176. The van der Waals surface area contributed by atoms with Crippen LogP contribution in [0.1, 0.15) is 21.8 Å². The van der Waals surface area contributed by atoms with E-state index in [2.05, 4.69) is 10.4 Å². The summed E-state index contributed by atoms with van der Waals surface area (Å²) < 4.78 is 50.0. The summed E-state index contributed by atoms with van der Waals surface area (Å²) in [6.45, 7) is 0.144. The van der Waals surface area contributed by atoms with Gasteiger partial charge < -0.3 is 14.5 Å². The Morgan fingerprint density at radius 1 is 1.31 bits per heavy atom. The molecule has 0 unspecified atom stereocenters. The van der Waals surface area contributed by atoms with Gasteiger partial charge in [0.05, 0.1) is 37.4 Å². The Morgan fingerprint density at radius 3 is 2.77 bits per heavy atom. The number of halogens is 3. The number of furan rings is 1. The van der Waals surface area contributed by atoms with E-state index >= 15 is 0 Å². The predicted octanol–water partition coefficient (Wildman–Crippen LogP) is 3.42. The van der Waals surface area contributed by atoms with Crippen molar-refractivity contribution in [2.45, 2.75) is 12.7 Å². The van der Waals surface area contributed by atoms with Crippen molar-refractivity contribution in [3.63, 3.8) is 0 Å². The van der Waals surface area contributed by atoms with Gasteiger partial charge in [0, 0.05) is 0 Å². The van der Waals surface area contributed by atoms with Crippen LogP contribution in [-0.2, 0) is 12.7 Å². The summed E-state index contributed by atoms with van der Waals surface area (Å²) in [6.07, 6.45) is -1.65. The second-order valence-corrected chi connectivity index (χ2v) is 5.30. The van der Waals surface area contributed by atoms with Crippen molar-refractivity contribution < 1.29 is 27.1 Å². The van der Waals surface area contributed by atoms with Crippen molar-refractivity contribution in [2.24, 2.45) is 0 Å². The van der Waals surface area contributed by atoms with Crippen molar-refractivity contribution >= 4 is 5.91 Å². The molecule has 0 atom stereocenters. The molecule has 0 aliphatic heterocycles. The summed E-state index contributed by atoms with van der Waals surface area (Å²) in [5, 5.41) is 6.66. The van der Waals surface area contributed by atoms with Crippen LogP contribution in [0.3, 0.4) is 0 Å². The van der Waals surface area contributed by atoms with E-state index in [1.54, 1.807) is 12.1 Å². The number of nitrogens with zero attached hydrogens (tertiary/aromatic N) is 2. The van der Waals surface area contributed by atoms with Crippen molar-refractivity contribution in [1.29, 1.82) is 0 Å². The molecule has 9 heteroatoms. The molecule has 2 heterocycles. The van der Waals surface area contributed by atoms with Crippen molar-refractivity contribution in [1.82, 2.24) is 15.1 Å². The molecule has 0 bridgehead atoms. The number of methoxy groups -OCH3 is 1. The fourth-order valence-electron chi connectivity index (χ4n) is 2.29. The van der Waals surface area contributed by atoms with Crippen LogP contribution in [0.4, 0.5) is 13.2 Å². The number of hydrogen-bond acceptors (Lipinski definition) is 4. The van der Waals surface area contributed by atoms with Crippen LogP contribution in [0.15, 0.2) is 53.3 Å². The van der Waals surface area contributed by atoms with Crippen LogP contribution in [0, 0.1) is 0 Å². The van der Waals surface area contributed by atoms with Gasteiger partial charge in [0.2, 0.25) is 0 Å². The Balaban J connectivity index is 1.85. The lowest BCUT2D eigenvalue weighted by atomic mass is 10.2. The van der Waals surface area contributed by atoms with Gasteiger partial charge in [-0.15, -0.1) is 0 Å². The van der Waals surface area contributed by atoms with Gasteiger partial charge in [0.15, 0.2) is 11.4 Å². The number of carbonyl (C=O) groups is 1. The zero-order valence-electron chi connectivity index (χ0n) is 13.6. The molecular formula is C17H14F3N3O3. The minimum atomic E-state index is -4.48. The van der Waals surface area contributed by atoms with Gasteiger partial charge in [-0.2, -0.15) is 18.3 Å². The summed E-state index contributed by atoms with van der Waals surface area (Å²) in [4.78, 5) is 12.3. The second-order valence-electron chi connectivity index (χ2n) is 5.30. The highest BCUT2D eigenvalue weighted by Crippen LogP contribution is 2.30. The second kappa shape index (κ2) is 6.95. The number of hydrogen-bond donors (Lipinski definition) is 1. The van der Waals surface area contributed by atoms with E-state index in [1.165, 1.54) is 31.7 Å². The number of rotatable bonds is 5. The molecule has 0 aliphatic carbocycles. The average molecular weight is 365 g/mol. The number of aromatic nitrogens is 2. The smallest absolute Gasteiger partial charge is 0.416 e. The molecule has 0 saturated carbocycles. The van der Waals surface area contributed by atoms with Crippen molar-refractivity contribution in [3.8, 4) is 11.4 Å². The number of carbonyl (C=O) groups excluding carboxylic acids is 1. The molecule has 0 fully saturated rings. The van der Waals surface area contributed by atoms with E-state index in [0.29, 0.717) is 5.76 Å². The molecule has 0 radical (unpaired) electrons. The first-order valence-corrected chi connectivity index (χ1v) is 7.50. The summed E-state index contributed by atoms with van der Waals surface area (Å²) in [7, 11) is 1.34. The van der Waals surface area contributed by atoms with Crippen molar-refractivity contribution in [2.75, 3.05) is 7.11 Å². The van der Waals surface area contributed by atoms with Crippen molar-refractivity contribution in [3.05, 3.63) is 65.9 Å². The normalized spacial score (nSPS) is 11.4. The fourth-order valence-corrected chi connectivity index (χ4v) is 2.29. The Labute approximate surface area is 146 Å². The van der Waals surface area contributed by atoms with Gasteiger partial charge in [0.25, 0.3) is 5.91 Å². The maximum atomic E-state index is 12.9. The number of benzene rings is 1. The molecule has 6 nitrogen and oxygen atoms in total. The maximum absolute atomic E-state index is 12.9. The van der Waals surface area contributed by atoms with E-state index in [0.717, 1.165) is 16.8 Å². The Kier molecular flexibility index (Phi) is 4.70. The lowest BCUT2D eigenvalue weighted by molar-refractivity contribution is -0.137. The molecule has 0 aliphatic rings. The summed E-state index contributed by atoms with van der Waals surface area (Å²) in [5.41, 5.74) is -0.701. The van der Waals surface area contributed by atoms with E-state index in [9.17, 15) is 18.0 Å². The number of alkyl halides is 3. The lowest BCUT2D eigenvalue weighted by Crippen LogP contribution is -2.23. The van der Waals surface area contributed by atoms with Crippen LogP contribution in [0.2, 0.25) is 0 Å². The first-order chi connectivity index (χ1) is 12.4. The number of nitrogens with one attached hydrogen (secondary N) is 1. The Bertz CT molecular complexity index is 902. The van der Waals surface area contributed by atoms with E-state index in [4.69, 9.17) is 9.15 Å². The maximum Gasteiger partial charge on any atom is 0.416 e. The third-order valence-corrected chi connectivity index (χ3v) is 3.56. The first-order valence-electron chi connectivity index (χ1n) is 7.50. The lowest BCUT2D eigenvalue weighted by Gasteiger charge is -2.08. The highest BCUT2D eigenvalue weighted by molar-refractivity contribution is 5.94. The molecule has 136 valence electrons.